The second-order valence-corrected chi connectivity index (χ2v) is 6.75. The van der Waals surface area contributed by atoms with Crippen molar-refractivity contribution < 1.29 is 0 Å². The lowest BCUT2D eigenvalue weighted by molar-refractivity contribution is 0.0956. The van der Waals surface area contributed by atoms with Crippen molar-refractivity contribution in [1.29, 1.82) is 0 Å². The Balaban J connectivity index is 1.94. The molecular weight excluding hydrogens is 232 g/mol. The lowest BCUT2D eigenvalue weighted by Crippen LogP contribution is -2.53. The third-order valence-electron chi connectivity index (χ3n) is 5.22. The standard InChI is InChI=1S/C17H34N2/c1-4-11-18-16-10-9-14(5-2)12-17(16)19(6-3)13-15-7-8-15/h14-18H,4-13H2,1-3H3. The molecule has 2 rings (SSSR count). The van der Waals surface area contributed by atoms with Gasteiger partial charge in [0.2, 0.25) is 0 Å². The van der Waals surface area contributed by atoms with Crippen molar-refractivity contribution in [3.05, 3.63) is 0 Å². The molecule has 2 heteroatoms. The molecule has 1 N–H and O–H groups in total. The van der Waals surface area contributed by atoms with Gasteiger partial charge in [-0.25, -0.2) is 0 Å². The molecule has 0 aromatic rings. The molecular formula is C17H34N2. The van der Waals surface area contributed by atoms with Crippen molar-refractivity contribution >= 4 is 0 Å². The summed E-state index contributed by atoms with van der Waals surface area (Å²) in [6, 6.07) is 1.55. The van der Waals surface area contributed by atoms with Gasteiger partial charge in [0.15, 0.2) is 0 Å². The molecule has 2 fully saturated rings. The largest absolute Gasteiger partial charge is 0.312 e. The first-order chi connectivity index (χ1) is 9.28. The Morgan fingerprint density at radius 1 is 1.00 bits per heavy atom. The number of nitrogens with zero attached hydrogens (tertiary/aromatic N) is 1. The minimum absolute atomic E-state index is 0.751. The molecule has 2 nitrogen and oxygen atoms in total. The summed E-state index contributed by atoms with van der Waals surface area (Å²) < 4.78 is 0. The fraction of sp³-hybridized carbons (Fsp3) is 1.00. The molecule has 0 radical (unpaired) electrons. The molecule has 0 amide bonds. The van der Waals surface area contributed by atoms with E-state index in [1.807, 2.05) is 0 Å². The van der Waals surface area contributed by atoms with Crippen molar-refractivity contribution in [2.75, 3.05) is 19.6 Å². The van der Waals surface area contributed by atoms with Crippen LogP contribution in [0.2, 0.25) is 0 Å². The van der Waals surface area contributed by atoms with Crippen LogP contribution in [0.5, 0.6) is 0 Å². The van der Waals surface area contributed by atoms with Gasteiger partial charge >= 0.3 is 0 Å². The zero-order chi connectivity index (χ0) is 13.7. The summed E-state index contributed by atoms with van der Waals surface area (Å²) >= 11 is 0. The van der Waals surface area contributed by atoms with Crippen LogP contribution in [0.25, 0.3) is 0 Å². The van der Waals surface area contributed by atoms with E-state index in [9.17, 15) is 0 Å². The van der Waals surface area contributed by atoms with Gasteiger partial charge in [0.1, 0.15) is 0 Å². The summed E-state index contributed by atoms with van der Waals surface area (Å²) in [5, 5.41) is 3.83. The molecule has 2 aliphatic carbocycles. The summed E-state index contributed by atoms with van der Waals surface area (Å²) in [5.41, 5.74) is 0. The second-order valence-electron chi connectivity index (χ2n) is 6.75. The van der Waals surface area contributed by atoms with E-state index in [1.54, 1.807) is 0 Å². The average molecular weight is 266 g/mol. The van der Waals surface area contributed by atoms with E-state index in [0.717, 1.165) is 23.9 Å². The monoisotopic (exact) mass is 266 g/mol. The Labute approximate surface area is 120 Å². The zero-order valence-electron chi connectivity index (χ0n) is 13.3. The average Bonchev–Trinajstić information content (AvgIpc) is 3.26. The van der Waals surface area contributed by atoms with Gasteiger partial charge in [0.05, 0.1) is 0 Å². The summed E-state index contributed by atoms with van der Waals surface area (Å²) in [6.07, 6.45) is 9.85. The fourth-order valence-corrected chi connectivity index (χ4v) is 3.70. The predicted molar refractivity (Wildman–Crippen MR) is 83.5 cm³/mol. The Morgan fingerprint density at radius 2 is 1.74 bits per heavy atom. The van der Waals surface area contributed by atoms with Crippen LogP contribution in [0.3, 0.4) is 0 Å². The minimum atomic E-state index is 0.751. The summed E-state index contributed by atoms with van der Waals surface area (Å²) in [4.78, 5) is 2.80. The number of hydrogen-bond donors (Lipinski definition) is 1. The van der Waals surface area contributed by atoms with Crippen LogP contribution in [0.4, 0.5) is 0 Å². The van der Waals surface area contributed by atoms with E-state index in [1.165, 1.54) is 64.6 Å². The van der Waals surface area contributed by atoms with Gasteiger partial charge in [-0.1, -0.05) is 27.2 Å². The maximum Gasteiger partial charge on any atom is 0.0251 e. The highest BCUT2D eigenvalue weighted by Crippen LogP contribution is 2.34. The van der Waals surface area contributed by atoms with Crippen LogP contribution in [-0.2, 0) is 0 Å². The van der Waals surface area contributed by atoms with Crippen molar-refractivity contribution in [3.63, 3.8) is 0 Å². The number of rotatable bonds is 8. The molecule has 112 valence electrons. The van der Waals surface area contributed by atoms with E-state index in [2.05, 4.69) is 31.0 Å². The van der Waals surface area contributed by atoms with Gasteiger partial charge in [-0.3, -0.25) is 4.90 Å². The maximum absolute atomic E-state index is 3.83. The molecule has 0 bridgehead atoms. The van der Waals surface area contributed by atoms with Crippen LogP contribution in [0.1, 0.15) is 65.7 Å². The first-order valence-electron chi connectivity index (χ1n) is 8.75. The van der Waals surface area contributed by atoms with Crippen LogP contribution in [-0.4, -0.2) is 36.6 Å². The highest BCUT2D eigenvalue weighted by Gasteiger charge is 2.35. The lowest BCUT2D eigenvalue weighted by Gasteiger charge is -2.43. The quantitative estimate of drug-likeness (QED) is 0.721. The number of nitrogens with one attached hydrogen (secondary N) is 1. The van der Waals surface area contributed by atoms with E-state index in [-0.39, 0.29) is 0 Å². The van der Waals surface area contributed by atoms with Crippen molar-refractivity contribution in [2.45, 2.75) is 77.8 Å². The first kappa shape index (κ1) is 15.3. The Hall–Kier alpha value is -0.0800. The van der Waals surface area contributed by atoms with Crippen molar-refractivity contribution in [2.24, 2.45) is 11.8 Å². The van der Waals surface area contributed by atoms with Gasteiger partial charge in [-0.05, 0) is 63.5 Å². The van der Waals surface area contributed by atoms with Crippen LogP contribution < -0.4 is 5.32 Å². The molecule has 3 atom stereocenters. The van der Waals surface area contributed by atoms with E-state index < -0.39 is 0 Å². The molecule has 0 aromatic heterocycles. The third kappa shape index (κ3) is 4.46. The molecule has 0 heterocycles. The summed E-state index contributed by atoms with van der Waals surface area (Å²) in [6.45, 7) is 10.8. The maximum atomic E-state index is 3.83. The Kier molecular flexibility index (Phi) is 6.15. The van der Waals surface area contributed by atoms with Crippen molar-refractivity contribution in [1.82, 2.24) is 10.2 Å². The second kappa shape index (κ2) is 7.64. The summed E-state index contributed by atoms with van der Waals surface area (Å²) in [7, 11) is 0. The minimum Gasteiger partial charge on any atom is -0.312 e. The van der Waals surface area contributed by atoms with Crippen molar-refractivity contribution in [3.8, 4) is 0 Å². The molecule has 0 aliphatic heterocycles. The third-order valence-corrected chi connectivity index (χ3v) is 5.22. The van der Waals surface area contributed by atoms with E-state index >= 15 is 0 Å². The lowest BCUT2D eigenvalue weighted by atomic mass is 9.80. The molecule has 0 aromatic carbocycles. The first-order valence-corrected chi connectivity index (χ1v) is 8.75. The Bertz CT molecular complexity index is 250. The molecule has 2 aliphatic rings. The fourth-order valence-electron chi connectivity index (χ4n) is 3.70. The zero-order valence-corrected chi connectivity index (χ0v) is 13.3. The van der Waals surface area contributed by atoms with E-state index in [4.69, 9.17) is 0 Å². The van der Waals surface area contributed by atoms with Crippen LogP contribution >= 0.6 is 0 Å². The van der Waals surface area contributed by atoms with E-state index in [0.29, 0.717) is 0 Å². The van der Waals surface area contributed by atoms with Crippen LogP contribution in [0.15, 0.2) is 0 Å². The number of likely N-dealkylation sites (N-methyl/N-ethyl adjacent to an activating group) is 1. The predicted octanol–water partition coefficient (Wildman–Crippen LogP) is 3.67. The topological polar surface area (TPSA) is 15.3 Å². The SMILES string of the molecule is CCCNC1CCC(CC)CC1N(CC)CC1CC1. The van der Waals surface area contributed by atoms with Gasteiger partial charge in [-0.15, -0.1) is 0 Å². The molecule has 0 saturated heterocycles. The highest BCUT2D eigenvalue weighted by molar-refractivity contribution is 4.92. The Morgan fingerprint density at radius 3 is 2.32 bits per heavy atom. The number of hydrogen-bond acceptors (Lipinski definition) is 2. The molecule has 2 saturated carbocycles. The van der Waals surface area contributed by atoms with Gasteiger partial charge in [0, 0.05) is 18.6 Å². The van der Waals surface area contributed by atoms with Crippen LogP contribution in [0, 0.1) is 11.8 Å². The van der Waals surface area contributed by atoms with Gasteiger partial charge in [0.25, 0.3) is 0 Å². The van der Waals surface area contributed by atoms with Gasteiger partial charge < -0.3 is 5.32 Å². The van der Waals surface area contributed by atoms with Gasteiger partial charge in [-0.2, -0.15) is 0 Å². The summed E-state index contributed by atoms with van der Waals surface area (Å²) in [5.74, 6) is 1.99. The molecule has 3 unspecified atom stereocenters. The molecule has 19 heavy (non-hydrogen) atoms. The highest BCUT2D eigenvalue weighted by atomic mass is 15.2. The molecule has 0 spiro atoms. The normalized spacial score (nSPS) is 31.9. The smallest absolute Gasteiger partial charge is 0.0251 e.